The highest BCUT2D eigenvalue weighted by Crippen LogP contribution is 2.19. The van der Waals surface area contributed by atoms with Gasteiger partial charge >= 0.3 is 5.97 Å². The van der Waals surface area contributed by atoms with E-state index in [0.29, 0.717) is 11.3 Å². The molecule has 1 aromatic rings. The van der Waals surface area contributed by atoms with Gasteiger partial charge < -0.3 is 15.2 Å². The molecule has 0 aliphatic rings. The Morgan fingerprint density at radius 3 is 2.41 bits per heavy atom. The first-order valence-corrected chi connectivity index (χ1v) is 5.15. The molecule has 1 rings (SSSR count). The van der Waals surface area contributed by atoms with Crippen LogP contribution >= 0.6 is 0 Å². The van der Waals surface area contributed by atoms with Crippen molar-refractivity contribution in [1.82, 2.24) is 0 Å². The first-order chi connectivity index (χ1) is 8.02. The molecule has 0 unspecified atom stereocenters. The zero-order valence-electron chi connectivity index (χ0n) is 9.77. The maximum absolute atomic E-state index is 11.0. The standard InChI is InChI=1S/C12H15NO4/c1-8(14)13-10-5-3-9(4-6-10)11(15)7-12(16)17-2/h3-6,11,15H,7H2,1-2H3,(H,13,14)/t11-/m0/s1. The quantitative estimate of drug-likeness (QED) is 0.772. The van der Waals surface area contributed by atoms with Crippen LogP contribution in [0.1, 0.15) is 25.0 Å². The Morgan fingerprint density at radius 2 is 1.94 bits per heavy atom. The summed E-state index contributed by atoms with van der Waals surface area (Å²) in [5.74, 6) is -0.628. The molecule has 0 fully saturated rings. The number of ether oxygens (including phenoxy) is 1. The van der Waals surface area contributed by atoms with Gasteiger partial charge in [0.1, 0.15) is 0 Å². The van der Waals surface area contributed by atoms with Gasteiger partial charge in [0.05, 0.1) is 19.6 Å². The maximum Gasteiger partial charge on any atom is 0.308 e. The highest BCUT2D eigenvalue weighted by molar-refractivity contribution is 5.88. The number of hydrogen-bond donors (Lipinski definition) is 2. The number of carbonyl (C=O) groups is 2. The third-order valence-electron chi connectivity index (χ3n) is 2.20. The van der Waals surface area contributed by atoms with Crippen molar-refractivity contribution < 1.29 is 19.4 Å². The lowest BCUT2D eigenvalue weighted by molar-refractivity contribution is -0.142. The minimum absolute atomic E-state index is 0.0873. The van der Waals surface area contributed by atoms with Crippen molar-refractivity contribution in [3.63, 3.8) is 0 Å². The first kappa shape index (κ1) is 13.2. The second kappa shape index (κ2) is 6.00. The fourth-order valence-corrected chi connectivity index (χ4v) is 1.35. The number of aliphatic hydroxyl groups excluding tert-OH is 1. The van der Waals surface area contributed by atoms with Crippen molar-refractivity contribution in [2.75, 3.05) is 12.4 Å². The van der Waals surface area contributed by atoms with Crippen molar-refractivity contribution in [3.8, 4) is 0 Å². The molecule has 0 saturated heterocycles. The van der Waals surface area contributed by atoms with E-state index in [4.69, 9.17) is 0 Å². The summed E-state index contributed by atoms with van der Waals surface area (Å²) in [6, 6.07) is 6.63. The number of benzene rings is 1. The van der Waals surface area contributed by atoms with Gasteiger partial charge in [-0.15, -0.1) is 0 Å². The highest BCUT2D eigenvalue weighted by atomic mass is 16.5. The smallest absolute Gasteiger partial charge is 0.308 e. The van der Waals surface area contributed by atoms with Crippen molar-refractivity contribution in [2.24, 2.45) is 0 Å². The van der Waals surface area contributed by atoms with Crippen LogP contribution in [0, 0.1) is 0 Å². The lowest BCUT2D eigenvalue weighted by Gasteiger charge is -2.10. The van der Waals surface area contributed by atoms with Gasteiger partial charge in [0.2, 0.25) is 5.91 Å². The summed E-state index contributed by atoms with van der Waals surface area (Å²) in [6.07, 6.45) is -0.982. The van der Waals surface area contributed by atoms with E-state index in [1.165, 1.54) is 14.0 Å². The van der Waals surface area contributed by atoms with Crippen LogP contribution in [0.5, 0.6) is 0 Å². The zero-order chi connectivity index (χ0) is 12.8. The van der Waals surface area contributed by atoms with E-state index in [1.54, 1.807) is 24.3 Å². The molecule has 1 atom stereocenters. The largest absolute Gasteiger partial charge is 0.469 e. The van der Waals surface area contributed by atoms with Gasteiger partial charge in [-0.2, -0.15) is 0 Å². The molecule has 17 heavy (non-hydrogen) atoms. The molecule has 1 amide bonds. The van der Waals surface area contributed by atoms with Crippen molar-refractivity contribution >= 4 is 17.6 Å². The molecular formula is C12H15NO4. The average molecular weight is 237 g/mol. The van der Waals surface area contributed by atoms with Crippen LogP contribution in [0.3, 0.4) is 0 Å². The van der Waals surface area contributed by atoms with E-state index in [2.05, 4.69) is 10.1 Å². The number of hydrogen-bond acceptors (Lipinski definition) is 4. The van der Waals surface area contributed by atoms with Gasteiger partial charge in [0.25, 0.3) is 0 Å². The van der Waals surface area contributed by atoms with Crippen LogP contribution in [-0.4, -0.2) is 24.1 Å². The monoisotopic (exact) mass is 237 g/mol. The Kier molecular flexibility index (Phi) is 4.66. The second-order valence-corrected chi connectivity index (χ2v) is 3.60. The second-order valence-electron chi connectivity index (χ2n) is 3.60. The molecule has 0 saturated carbocycles. The Labute approximate surface area is 99.4 Å². The third kappa shape index (κ3) is 4.24. The molecule has 0 aromatic heterocycles. The first-order valence-electron chi connectivity index (χ1n) is 5.15. The Bertz CT molecular complexity index is 399. The Hall–Kier alpha value is -1.88. The topological polar surface area (TPSA) is 75.6 Å². The molecule has 92 valence electrons. The number of carbonyl (C=O) groups excluding carboxylic acids is 2. The molecule has 0 heterocycles. The molecule has 5 nitrogen and oxygen atoms in total. The fourth-order valence-electron chi connectivity index (χ4n) is 1.35. The van der Waals surface area contributed by atoms with Crippen molar-refractivity contribution in [2.45, 2.75) is 19.4 Å². The van der Waals surface area contributed by atoms with E-state index in [-0.39, 0.29) is 12.3 Å². The van der Waals surface area contributed by atoms with Gasteiger partial charge in [0.15, 0.2) is 0 Å². The van der Waals surface area contributed by atoms with Crippen molar-refractivity contribution in [3.05, 3.63) is 29.8 Å². The summed E-state index contributed by atoms with van der Waals surface area (Å²) in [7, 11) is 1.27. The van der Waals surface area contributed by atoms with Crippen LogP contribution in [0.4, 0.5) is 5.69 Å². The molecule has 0 bridgehead atoms. The molecule has 5 heteroatoms. The summed E-state index contributed by atoms with van der Waals surface area (Å²) in [4.78, 5) is 21.8. The number of amides is 1. The number of esters is 1. The molecule has 0 aliphatic heterocycles. The third-order valence-corrected chi connectivity index (χ3v) is 2.20. The summed E-state index contributed by atoms with van der Waals surface area (Å²) in [5.41, 5.74) is 1.25. The number of rotatable bonds is 4. The van der Waals surface area contributed by atoms with Crippen LogP contribution in [0.25, 0.3) is 0 Å². The van der Waals surface area contributed by atoms with Gasteiger partial charge in [-0.05, 0) is 17.7 Å². The fraction of sp³-hybridized carbons (Fsp3) is 0.333. The normalized spacial score (nSPS) is 11.7. The van der Waals surface area contributed by atoms with E-state index >= 15 is 0 Å². The Balaban J connectivity index is 2.66. The van der Waals surface area contributed by atoms with Gasteiger partial charge in [-0.1, -0.05) is 12.1 Å². The lowest BCUT2D eigenvalue weighted by atomic mass is 10.1. The van der Waals surface area contributed by atoms with Gasteiger partial charge in [0, 0.05) is 12.6 Å². The van der Waals surface area contributed by atoms with Gasteiger partial charge in [-0.25, -0.2) is 0 Å². The number of nitrogens with one attached hydrogen (secondary N) is 1. The molecule has 2 N–H and O–H groups in total. The average Bonchev–Trinajstić information content (AvgIpc) is 2.28. The number of methoxy groups -OCH3 is 1. The SMILES string of the molecule is COC(=O)C[C@H](O)c1ccc(NC(C)=O)cc1. The van der Waals surface area contributed by atoms with E-state index < -0.39 is 12.1 Å². The van der Waals surface area contributed by atoms with Crippen LogP contribution in [0.2, 0.25) is 0 Å². The summed E-state index contributed by atoms with van der Waals surface area (Å²) < 4.78 is 4.46. The Morgan fingerprint density at radius 1 is 1.35 bits per heavy atom. The molecular weight excluding hydrogens is 222 g/mol. The number of anilines is 1. The van der Waals surface area contributed by atoms with Crippen molar-refractivity contribution in [1.29, 1.82) is 0 Å². The number of aliphatic hydroxyl groups is 1. The summed E-state index contributed by atoms with van der Waals surface area (Å²) >= 11 is 0. The van der Waals surface area contributed by atoms with E-state index in [1.807, 2.05) is 0 Å². The molecule has 0 aliphatic carbocycles. The molecule has 1 aromatic carbocycles. The summed E-state index contributed by atoms with van der Waals surface area (Å²) in [6.45, 7) is 1.42. The molecule has 0 spiro atoms. The van der Waals surface area contributed by atoms with E-state index in [0.717, 1.165) is 0 Å². The van der Waals surface area contributed by atoms with Crippen LogP contribution in [0.15, 0.2) is 24.3 Å². The minimum atomic E-state index is -0.895. The predicted octanol–water partition coefficient (Wildman–Crippen LogP) is 1.24. The van der Waals surface area contributed by atoms with Crippen LogP contribution < -0.4 is 5.32 Å². The van der Waals surface area contributed by atoms with E-state index in [9.17, 15) is 14.7 Å². The summed E-state index contributed by atoms with van der Waals surface area (Å²) in [5, 5.41) is 12.3. The predicted molar refractivity (Wildman–Crippen MR) is 62.3 cm³/mol. The van der Waals surface area contributed by atoms with Crippen LogP contribution in [-0.2, 0) is 14.3 Å². The van der Waals surface area contributed by atoms with Gasteiger partial charge in [-0.3, -0.25) is 9.59 Å². The minimum Gasteiger partial charge on any atom is -0.469 e. The zero-order valence-corrected chi connectivity index (χ0v) is 9.77. The molecule has 0 radical (unpaired) electrons. The maximum atomic E-state index is 11.0. The lowest BCUT2D eigenvalue weighted by Crippen LogP contribution is -2.09. The highest BCUT2D eigenvalue weighted by Gasteiger charge is 2.12.